The van der Waals surface area contributed by atoms with Gasteiger partial charge in [-0.25, -0.2) is 9.18 Å². The van der Waals surface area contributed by atoms with Gasteiger partial charge in [-0.1, -0.05) is 27.7 Å². The Morgan fingerprint density at radius 2 is 1.97 bits per heavy atom. The topological polar surface area (TPSA) is 130 Å². The van der Waals surface area contributed by atoms with Crippen molar-refractivity contribution < 1.29 is 28.2 Å². The molecule has 168 valence electrons. The number of rotatable bonds is 8. The van der Waals surface area contributed by atoms with Gasteiger partial charge >= 0.3 is 17.6 Å². The van der Waals surface area contributed by atoms with Crippen LogP contribution in [-0.4, -0.2) is 61.9 Å². The molecule has 1 aromatic rings. The Kier molecular flexibility index (Phi) is 8.06. The molecule has 1 N–H and O–H groups in total. The first-order valence-electron chi connectivity index (χ1n) is 9.11. The summed E-state index contributed by atoms with van der Waals surface area (Å²) in [5.74, 6) is -2.63. The highest BCUT2D eigenvalue weighted by Gasteiger charge is 2.59. The number of aromatic nitrogens is 3. The van der Waals surface area contributed by atoms with Gasteiger partial charge in [0, 0.05) is 11.9 Å². The van der Waals surface area contributed by atoms with Crippen molar-refractivity contribution in [3.8, 4) is 0 Å². The lowest BCUT2D eigenvalue weighted by molar-refractivity contribution is -0.173. The van der Waals surface area contributed by atoms with Crippen LogP contribution in [0.25, 0.3) is 0 Å². The molecule has 1 saturated heterocycles. The molecule has 1 aromatic heterocycles. The zero-order valence-electron chi connectivity index (χ0n) is 16.8. The van der Waals surface area contributed by atoms with E-state index in [1.807, 2.05) is 4.98 Å². The van der Waals surface area contributed by atoms with E-state index in [0.717, 1.165) is 10.3 Å². The molecule has 0 saturated carbocycles. The molecule has 4 atom stereocenters. The standard InChI is InChI=1S/C17H23ClFN3O7S/c1-8(2)13(24)27-7-17(6-18)12(28-14(25)9(3)4)11(19)15(29-17)30-22-16(26)21-10(23)5-20-22/h5,8-9,11-12,15H,6-7H2,1-4H3,(H,21,23,26)/t11-,12+,15?,17-/m1/s1. The predicted octanol–water partition coefficient (Wildman–Crippen LogP) is 0.867. The highest BCUT2D eigenvalue weighted by molar-refractivity contribution is 7.98. The van der Waals surface area contributed by atoms with Crippen LogP contribution in [0.5, 0.6) is 0 Å². The summed E-state index contributed by atoms with van der Waals surface area (Å²) in [4.78, 5) is 49.1. The van der Waals surface area contributed by atoms with E-state index >= 15 is 4.39 Å². The summed E-state index contributed by atoms with van der Waals surface area (Å²) < 4.78 is 32.3. The van der Waals surface area contributed by atoms with Crippen molar-refractivity contribution in [2.24, 2.45) is 11.8 Å². The van der Waals surface area contributed by atoms with Crippen LogP contribution in [0.4, 0.5) is 4.39 Å². The molecule has 0 bridgehead atoms. The van der Waals surface area contributed by atoms with Crippen LogP contribution in [0.2, 0.25) is 0 Å². The summed E-state index contributed by atoms with van der Waals surface area (Å²) >= 11 is 6.58. The number of halogens is 2. The van der Waals surface area contributed by atoms with E-state index < -0.39 is 64.9 Å². The zero-order valence-corrected chi connectivity index (χ0v) is 18.4. The highest BCUT2D eigenvalue weighted by Crippen LogP contribution is 2.41. The Bertz CT molecular complexity index is 893. The van der Waals surface area contributed by atoms with Gasteiger partial charge in [0.15, 0.2) is 23.3 Å². The maximum absolute atomic E-state index is 15.3. The minimum Gasteiger partial charge on any atom is -0.462 e. The SMILES string of the molecule is CC(C)C(=O)OC[C@@]1(CCl)OC(Sn2ncc(=O)[nH]c2=O)[C@H](F)[C@@H]1OC(=O)C(C)C. The van der Waals surface area contributed by atoms with Gasteiger partial charge in [-0.3, -0.25) is 19.4 Å². The van der Waals surface area contributed by atoms with Gasteiger partial charge in [0.05, 0.1) is 17.7 Å². The average Bonchev–Trinajstić information content (AvgIpc) is 2.94. The van der Waals surface area contributed by atoms with Crippen molar-refractivity contribution >= 4 is 35.5 Å². The molecule has 1 aliphatic rings. The third-order valence-electron chi connectivity index (χ3n) is 4.18. The van der Waals surface area contributed by atoms with Crippen molar-refractivity contribution in [3.05, 3.63) is 27.0 Å². The van der Waals surface area contributed by atoms with Crippen LogP contribution in [0.3, 0.4) is 0 Å². The summed E-state index contributed by atoms with van der Waals surface area (Å²) in [6, 6.07) is 0. The van der Waals surface area contributed by atoms with Gasteiger partial charge in [0.1, 0.15) is 12.8 Å². The number of nitrogens with one attached hydrogen (secondary N) is 1. The maximum atomic E-state index is 15.3. The monoisotopic (exact) mass is 467 g/mol. The third-order valence-corrected chi connectivity index (χ3v) is 5.65. The molecular formula is C17H23ClFN3O7S. The van der Waals surface area contributed by atoms with Gasteiger partial charge in [-0.05, 0) is 0 Å². The maximum Gasteiger partial charge on any atom is 0.355 e. The average molecular weight is 468 g/mol. The second kappa shape index (κ2) is 9.92. The number of carbonyl (C=O) groups excluding carboxylic acids is 2. The largest absolute Gasteiger partial charge is 0.462 e. The Morgan fingerprint density at radius 3 is 2.50 bits per heavy atom. The molecule has 1 fully saturated rings. The molecule has 0 spiro atoms. The third kappa shape index (κ3) is 5.41. The molecular weight excluding hydrogens is 445 g/mol. The minimum atomic E-state index is -1.94. The Morgan fingerprint density at radius 1 is 1.33 bits per heavy atom. The van der Waals surface area contributed by atoms with Crippen LogP contribution >= 0.6 is 23.5 Å². The molecule has 13 heteroatoms. The fraction of sp³-hybridized carbons (Fsp3) is 0.706. The quantitative estimate of drug-likeness (QED) is 0.437. The lowest BCUT2D eigenvalue weighted by atomic mass is 9.98. The molecule has 0 radical (unpaired) electrons. The number of aromatic amines is 1. The van der Waals surface area contributed by atoms with Crippen LogP contribution in [0.15, 0.2) is 15.8 Å². The second-order valence-electron chi connectivity index (χ2n) is 7.32. The van der Waals surface area contributed by atoms with Crippen molar-refractivity contribution in [1.82, 2.24) is 14.2 Å². The summed E-state index contributed by atoms with van der Waals surface area (Å²) in [7, 11) is 0. The first kappa shape index (κ1) is 24.4. The fourth-order valence-electron chi connectivity index (χ4n) is 2.45. The van der Waals surface area contributed by atoms with Crippen molar-refractivity contribution in [2.45, 2.75) is 51.0 Å². The summed E-state index contributed by atoms with van der Waals surface area (Å²) in [5.41, 5.74) is -4.68. The van der Waals surface area contributed by atoms with Gasteiger partial charge in [0.25, 0.3) is 5.56 Å². The van der Waals surface area contributed by atoms with Gasteiger partial charge < -0.3 is 14.2 Å². The Labute approximate surface area is 180 Å². The van der Waals surface area contributed by atoms with E-state index in [1.165, 1.54) is 0 Å². The lowest BCUT2D eigenvalue weighted by Gasteiger charge is -2.32. The molecule has 2 rings (SSSR count). The molecule has 2 heterocycles. The molecule has 1 aliphatic heterocycles. The van der Waals surface area contributed by atoms with Crippen LogP contribution in [0, 0.1) is 11.8 Å². The van der Waals surface area contributed by atoms with E-state index in [2.05, 4.69) is 5.10 Å². The zero-order chi connectivity index (χ0) is 22.6. The Balaban J connectivity index is 2.33. The fourth-order valence-corrected chi connectivity index (χ4v) is 3.67. The van der Waals surface area contributed by atoms with E-state index in [9.17, 15) is 19.2 Å². The molecule has 10 nitrogen and oxygen atoms in total. The highest BCUT2D eigenvalue weighted by atomic mass is 35.5. The number of H-pyrrole nitrogens is 1. The number of hydrogen-bond donors (Lipinski definition) is 1. The first-order chi connectivity index (χ1) is 14.0. The molecule has 0 aliphatic carbocycles. The minimum absolute atomic E-state index is 0.361. The number of ether oxygens (including phenoxy) is 3. The second-order valence-corrected chi connectivity index (χ2v) is 8.61. The first-order valence-corrected chi connectivity index (χ1v) is 10.5. The number of alkyl halides is 2. The number of nitrogens with zero attached hydrogens (tertiary/aromatic N) is 2. The van der Waals surface area contributed by atoms with E-state index in [0.29, 0.717) is 11.9 Å². The molecule has 30 heavy (non-hydrogen) atoms. The van der Waals surface area contributed by atoms with Gasteiger partial charge in [-0.2, -0.15) is 9.19 Å². The predicted molar refractivity (Wildman–Crippen MR) is 106 cm³/mol. The summed E-state index contributed by atoms with van der Waals surface area (Å²) in [6.45, 7) is 5.92. The molecule has 1 unspecified atom stereocenters. The lowest BCUT2D eigenvalue weighted by Crippen LogP contribution is -2.51. The van der Waals surface area contributed by atoms with Crippen LogP contribution < -0.4 is 11.2 Å². The van der Waals surface area contributed by atoms with Crippen molar-refractivity contribution in [1.29, 1.82) is 0 Å². The normalized spacial score (nSPS) is 26.2. The molecule has 0 aromatic carbocycles. The van der Waals surface area contributed by atoms with Gasteiger partial charge in [0.2, 0.25) is 0 Å². The summed E-state index contributed by atoms with van der Waals surface area (Å²) in [5, 5.41) is 3.61. The number of hydrogen-bond acceptors (Lipinski definition) is 9. The summed E-state index contributed by atoms with van der Waals surface area (Å²) in [6.07, 6.45) is -2.60. The van der Waals surface area contributed by atoms with Crippen LogP contribution in [0.1, 0.15) is 27.7 Å². The van der Waals surface area contributed by atoms with Gasteiger partial charge in [-0.15, -0.1) is 11.6 Å². The van der Waals surface area contributed by atoms with E-state index in [4.69, 9.17) is 25.8 Å². The Hall–Kier alpha value is -1.92. The number of esters is 2. The van der Waals surface area contributed by atoms with Crippen LogP contribution in [-0.2, 0) is 23.8 Å². The van der Waals surface area contributed by atoms with E-state index in [-0.39, 0.29) is 5.88 Å². The van der Waals surface area contributed by atoms with Crippen molar-refractivity contribution in [2.75, 3.05) is 12.5 Å². The smallest absolute Gasteiger partial charge is 0.355 e. The number of carbonyl (C=O) groups is 2. The van der Waals surface area contributed by atoms with E-state index in [1.54, 1.807) is 27.7 Å². The molecule has 0 amide bonds. The van der Waals surface area contributed by atoms with Crippen molar-refractivity contribution in [3.63, 3.8) is 0 Å².